The molecule has 17 heavy (non-hydrogen) atoms. The van der Waals surface area contributed by atoms with Crippen LogP contribution in [-0.4, -0.2) is 15.0 Å². The molecule has 3 N–H and O–H groups in total. The molecule has 1 aromatic carbocycles. The standard InChI is InChI=1S/C11H14BrN5/c1-7-4-3-5-8(6-7)9(14-13)10-11(12)15-16-17(10)2/h3-6,9,14H,13H2,1-2H3. The van der Waals surface area contributed by atoms with Crippen molar-refractivity contribution in [3.8, 4) is 0 Å². The van der Waals surface area contributed by atoms with E-state index in [1.54, 1.807) is 4.68 Å². The summed E-state index contributed by atoms with van der Waals surface area (Å²) >= 11 is 3.38. The van der Waals surface area contributed by atoms with Crippen molar-refractivity contribution in [3.63, 3.8) is 0 Å². The van der Waals surface area contributed by atoms with Gasteiger partial charge in [-0.3, -0.25) is 5.84 Å². The second kappa shape index (κ2) is 4.95. The normalized spacial score (nSPS) is 12.7. The molecule has 1 aromatic heterocycles. The van der Waals surface area contributed by atoms with Crippen LogP contribution >= 0.6 is 15.9 Å². The molecule has 5 nitrogen and oxygen atoms in total. The Morgan fingerprint density at radius 3 is 2.76 bits per heavy atom. The van der Waals surface area contributed by atoms with Crippen LogP contribution in [0.25, 0.3) is 0 Å². The maximum absolute atomic E-state index is 5.64. The maximum atomic E-state index is 5.64. The average molecular weight is 296 g/mol. The summed E-state index contributed by atoms with van der Waals surface area (Å²) < 4.78 is 2.40. The number of nitrogens with zero attached hydrogens (tertiary/aromatic N) is 3. The summed E-state index contributed by atoms with van der Waals surface area (Å²) in [5.41, 5.74) is 5.97. The molecule has 1 heterocycles. The van der Waals surface area contributed by atoms with E-state index in [0.717, 1.165) is 11.3 Å². The summed E-state index contributed by atoms with van der Waals surface area (Å²) in [6, 6.07) is 8.03. The van der Waals surface area contributed by atoms with Gasteiger partial charge in [-0.15, -0.1) is 5.10 Å². The maximum Gasteiger partial charge on any atom is 0.153 e. The molecule has 0 saturated heterocycles. The van der Waals surface area contributed by atoms with E-state index in [1.807, 2.05) is 32.2 Å². The van der Waals surface area contributed by atoms with Gasteiger partial charge in [0.2, 0.25) is 0 Å². The van der Waals surface area contributed by atoms with Gasteiger partial charge >= 0.3 is 0 Å². The smallest absolute Gasteiger partial charge is 0.153 e. The Morgan fingerprint density at radius 2 is 2.24 bits per heavy atom. The number of hydrazine groups is 1. The fourth-order valence-corrected chi connectivity index (χ4v) is 2.38. The van der Waals surface area contributed by atoms with Gasteiger partial charge in [0, 0.05) is 7.05 Å². The first-order chi connectivity index (χ1) is 8.13. The molecule has 0 spiro atoms. The monoisotopic (exact) mass is 295 g/mol. The van der Waals surface area contributed by atoms with Crippen molar-refractivity contribution in [2.45, 2.75) is 13.0 Å². The summed E-state index contributed by atoms with van der Waals surface area (Å²) in [6.45, 7) is 2.05. The molecule has 2 rings (SSSR count). The van der Waals surface area contributed by atoms with Crippen LogP contribution < -0.4 is 11.3 Å². The molecule has 0 radical (unpaired) electrons. The minimum Gasteiger partial charge on any atom is -0.271 e. The first kappa shape index (κ1) is 12.2. The van der Waals surface area contributed by atoms with E-state index in [0.29, 0.717) is 4.60 Å². The number of nitrogens with two attached hydrogens (primary N) is 1. The SMILES string of the molecule is Cc1cccc(C(NN)c2c(Br)nnn2C)c1. The summed E-state index contributed by atoms with van der Waals surface area (Å²) in [7, 11) is 1.84. The predicted molar refractivity (Wildman–Crippen MR) is 69.0 cm³/mol. The van der Waals surface area contributed by atoms with Crippen molar-refractivity contribution in [2.24, 2.45) is 12.9 Å². The molecule has 0 fully saturated rings. The van der Waals surface area contributed by atoms with Crippen LogP contribution in [0.3, 0.4) is 0 Å². The van der Waals surface area contributed by atoms with E-state index in [9.17, 15) is 0 Å². The zero-order valence-electron chi connectivity index (χ0n) is 9.68. The lowest BCUT2D eigenvalue weighted by Crippen LogP contribution is -2.30. The number of aromatic nitrogens is 3. The van der Waals surface area contributed by atoms with Crippen molar-refractivity contribution in [3.05, 3.63) is 45.7 Å². The topological polar surface area (TPSA) is 68.8 Å². The van der Waals surface area contributed by atoms with Crippen molar-refractivity contribution < 1.29 is 0 Å². The molecule has 0 aliphatic carbocycles. The number of hydrogen-bond acceptors (Lipinski definition) is 4. The molecule has 2 aromatic rings. The van der Waals surface area contributed by atoms with E-state index in [-0.39, 0.29) is 6.04 Å². The molecular weight excluding hydrogens is 282 g/mol. The molecule has 6 heteroatoms. The van der Waals surface area contributed by atoms with Crippen LogP contribution in [0.1, 0.15) is 22.9 Å². The zero-order valence-corrected chi connectivity index (χ0v) is 11.3. The molecule has 0 amide bonds. The highest BCUT2D eigenvalue weighted by molar-refractivity contribution is 9.10. The van der Waals surface area contributed by atoms with Gasteiger partial charge in [-0.25, -0.2) is 10.1 Å². The van der Waals surface area contributed by atoms with E-state index in [1.165, 1.54) is 5.56 Å². The Balaban J connectivity index is 2.47. The largest absolute Gasteiger partial charge is 0.271 e. The summed E-state index contributed by atoms with van der Waals surface area (Å²) in [5, 5.41) is 7.92. The van der Waals surface area contributed by atoms with Crippen molar-refractivity contribution >= 4 is 15.9 Å². The second-order valence-electron chi connectivity index (χ2n) is 3.90. The lowest BCUT2D eigenvalue weighted by atomic mass is 10.0. The van der Waals surface area contributed by atoms with Gasteiger partial charge in [0.25, 0.3) is 0 Å². The Bertz CT molecular complexity index is 503. The Labute approximate surface area is 108 Å². The van der Waals surface area contributed by atoms with Crippen LogP contribution in [-0.2, 0) is 7.05 Å². The van der Waals surface area contributed by atoms with Crippen molar-refractivity contribution in [1.82, 2.24) is 20.4 Å². The number of rotatable bonds is 3. The van der Waals surface area contributed by atoms with Crippen LogP contribution in [0.4, 0.5) is 0 Å². The number of nitrogens with one attached hydrogen (secondary N) is 1. The van der Waals surface area contributed by atoms with E-state index < -0.39 is 0 Å². The summed E-state index contributed by atoms with van der Waals surface area (Å²) in [4.78, 5) is 0. The Hall–Kier alpha value is -1.24. The second-order valence-corrected chi connectivity index (χ2v) is 4.65. The quantitative estimate of drug-likeness (QED) is 0.664. The summed E-state index contributed by atoms with van der Waals surface area (Å²) in [5.74, 6) is 5.64. The minimum absolute atomic E-state index is 0.135. The Kier molecular flexibility index (Phi) is 3.56. The molecule has 0 saturated carbocycles. The van der Waals surface area contributed by atoms with Gasteiger partial charge in [-0.05, 0) is 28.4 Å². The Morgan fingerprint density at radius 1 is 1.47 bits per heavy atom. The molecular formula is C11H14BrN5. The first-order valence-corrected chi connectivity index (χ1v) is 6.00. The number of aryl methyl sites for hydroxylation is 2. The van der Waals surface area contributed by atoms with Crippen molar-refractivity contribution in [1.29, 1.82) is 0 Å². The van der Waals surface area contributed by atoms with E-state index in [2.05, 4.69) is 37.7 Å². The lowest BCUT2D eigenvalue weighted by molar-refractivity contribution is 0.569. The fraction of sp³-hybridized carbons (Fsp3) is 0.273. The molecule has 1 unspecified atom stereocenters. The molecule has 0 bridgehead atoms. The molecule has 0 aliphatic rings. The number of halogens is 1. The number of benzene rings is 1. The predicted octanol–water partition coefficient (Wildman–Crippen LogP) is 1.44. The molecule has 1 atom stereocenters. The zero-order chi connectivity index (χ0) is 12.4. The van der Waals surface area contributed by atoms with Crippen LogP contribution in [0.2, 0.25) is 0 Å². The molecule has 90 valence electrons. The average Bonchev–Trinajstić information content (AvgIpc) is 2.62. The first-order valence-electron chi connectivity index (χ1n) is 5.21. The third-order valence-electron chi connectivity index (χ3n) is 2.64. The van der Waals surface area contributed by atoms with E-state index in [4.69, 9.17) is 5.84 Å². The van der Waals surface area contributed by atoms with Crippen molar-refractivity contribution in [2.75, 3.05) is 0 Å². The van der Waals surface area contributed by atoms with Gasteiger partial charge in [-0.1, -0.05) is 35.0 Å². The minimum atomic E-state index is -0.135. The molecule has 0 aliphatic heterocycles. The van der Waals surface area contributed by atoms with Gasteiger partial charge < -0.3 is 0 Å². The van der Waals surface area contributed by atoms with Crippen LogP contribution in [0.15, 0.2) is 28.9 Å². The van der Waals surface area contributed by atoms with Crippen LogP contribution in [0.5, 0.6) is 0 Å². The van der Waals surface area contributed by atoms with Gasteiger partial charge in [0.15, 0.2) is 4.60 Å². The highest BCUT2D eigenvalue weighted by atomic mass is 79.9. The highest BCUT2D eigenvalue weighted by Crippen LogP contribution is 2.26. The van der Waals surface area contributed by atoms with Crippen LogP contribution in [0, 0.1) is 6.92 Å². The van der Waals surface area contributed by atoms with Gasteiger partial charge in [0.05, 0.1) is 11.7 Å². The lowest BCUT2D eigenvalue weighted by Gasteiger charge is -2.17. The summed E-state index contributed by atoms with van der Waals surface area (Å²) in [6.07, 6.45) is 0. The van der Waals surface area contributed by atoms with Gasteiger partial charge in [0.1, 0.15) is 0 Å². The third kappa shape index (κ3) is 2.38. The highest BCUT2D eigenvalue weighted by Gasteiger charge is 2.20. The van der Waals surface area contributed by atoms with E-state index >= 15 is 0 Å². The van der Waals surface area contributed by atoms with Gasteiger partial charge in [-0.2, -0.15) is 0 Å². The third-order valence-corrected chi connectivity index (χ3v) is 3.21. The fourth-order valence-electron chi connectivity index (χ4n) is 1.83. The number of hydrogen-bond donors (Lipinski definition) is 2.